The maximum absolute atomic E-state index is 12.5. The number of methoxy groups -OCH3 is 1. The third-order valence-corrected chi connectivity index (χ3v) is 3.11. The van der Waals surface area contributed by atoms with E-state index in [0.717, 1.165) is 0 Å². The van der Waals surface area contributed by atoms with Crippen molar-refractivity contribution in [1.29, 1.82) is 0 Å². The van der Waals surface area contributed by atoms with Gasteiger partial charge in [-0.15, -0.1) is 0 Å². The number of esters is 1. The van der Waals surface area contributed by atoms with Crippen LogP contribution in [0.5, 0.6) is 0 Å². The standard InChI is InChI=1S/C14H27F3N2O2/c1-6-8-19(10-14(15,16)17)9-7-13(4,12(20)21-5)18-11(2)3/h11,18H,6-10H2,1-5H3. The molecular formula is C14H27F3N2O2. The van der Waals surface area contributed by atoms with Crippen LogP contribution in [0.4, 0.5) is 13.2 Å². The first kappa shape index (κ1) is 20.2. The van der Waals surface area contributed by atoms with Crippen molar-refractivity contribution in [3.63, 3.8) is 0 Å². The Balaban J connectivity index is 4.79. The van der Waals surface area contributed by atoms with Crippen LogP contribution in [0.1, 0.15) is 40.5 Å². The van der Waals surface area contributed by atoms with Crippen molar-refractivity contribution in [2.75, 3.05) is 26.7 Å². The molecule has 0 amide bonds. The fourth-order valence-electron chi connectivity index (χ4n) is 2.32. The summed E-state index contributed by atoms with van der Waals surface area (Å²) in [5.74, 6) is -0.459. The van der Waals surface area contributed by atoms with Gasteiger partial charge in [0, 0.05) is 12.6 Å². The summed E-state index contributed by atoms with van der Waals surface area (Å²) in [6.45, 7) is 6.81. The van der Waals surface area contributed by atoms with Gasteiger partial charge in [-0.3, -0.25) is 15.0 Å². The first-order valence-corrected chi connectivity index (χ1v) is 7.19. The van der Waals surface area contributed by atoms with Crippen LogP contribution in [0.15, 0.2) is 0 Å². The fraction of sp³-hybridized carbons (Fsp3) is 0.929. The van der Waals surface area contributed by atoms with Gasteiger partial charge in [-0.05, 0) is 40.2 Å². The minimum absolute atomic E-state index is 0.0244. The number of carbonyl (C=O) groups excluding carboxylic acids is 1. The Morgan fingerprint density at radius 3 is 2.24 bits per heavy atom. The van der Waals surface area contributed by atoms with E-state index in [1.165, 1.54) is 12.0 Å². The Morgan fingerprint density at radius 1 is 1.29 bits per heavy atom. The minimum atomic E-state index is -4.23. The molecule has 0 aliphatic heterocycles. The van der Waals surface area contributed by atoms with Crippen molar-refractivity contribution in [3.8, 4) is 0 Å². The van der Waals surface area contributed by atoms with Gasteiger partial charge in [0.25, 0.3) is 0 Å². The third-order valence-electron chi connectivity index (χ3n) is 3.11. The van der Waals surface area contributed by atoms with Crippen molar-refractivity contribution in [2.45, 2.75) is 58.3 Å². The molecule has 21 heavy (non-hydrogen) atoms. The molecule has 0 spiro atoms. The van der Waals surface area contributed by atoms with Crippen LogP contribution < -0.4 is 5.32 Å². The molecule has 126 valence electrons. The second-order valence-corrected chi connectivity index (χ2v) is 5.76. The lowest BCUT2D eigenvalue weighted by Crippen LogP contribution is -2.54. The Labute approximate surface area is 125 Å². The first-order valence-electron chi connectivity index (χ1n) is 7.19. The van der Waals surface area contributed by atoms with E-state index in [9.17, 15) is 18.0 Å². The van der Waals surface area contributed by atoms with Crippen LogP contribution in [0, 0.1) is 0 Å². The van der Waals surface area contributed by atoms with E-state index >= 15 is 0 Å². The summed E-state index contributed by atoms with van der Waals surface area (Å²) < 4.78 is 42.4. The summed E-state index contributed by atoms with van der Waals surface area (Å²) in [5.41, 5.74) is -0.986. The zero-order valence-corrected chi connectivity index (χ0v) is 13.5. The molecule has 0 radical (unpaired) electrons. The van der Waals surface area contributed by atoms with Gasteiger partial charge in [0.05, 0.1) is 13.7 Å². The first-order chi connectivity index (χ1) is 9.54. The number of halogens is 3. The molecule has 1 N–H and O–H groups in total. The molecule has 0 fully saturated rings. The van der Waals surface area contributed by atoms with Gasteiger partial charge in [-0.2, -0.15) is 13.2 Å². The fourth-order valence-corrected chi connectivity index (χ4v) is 2.32. The van der Waals surface area contributed by atoms with Crippen LogP contribution in [0.2, 0.25) is 0 Å². The third kappa shape index (κ3) is 8.26. The number of nitrogens with zero attached hydrogens (tertiary/aromatic N) is 1. The topological polar surface area (TPSA) is 41.6 Å². The molecule has 0 aromatic heterocycles. The number of hydrogen-bond acceptors (Lipinski definition) is 4. The molecule has 4 nitrogen and oxygen atoms in total. The molecule has 0 aromatic rings. The second-order valence-electron chi connectivity index (χ2n) is 5.76. The van der Waals surface area contributed by atoms with Gasteiger partial charge in [0.1, 0.15) is 5.54 Å². The molecule has 7 heteroatoms. The van der Waals surface area contributed by atoms with Gasteiger partial charge in [-0.1, -0.05) is 6.92 Å². The highest BCUT2D eigenvalue weighted by Gasteiger charge is 2.36. The zero-order valence-electron chi connectivity index (χ0n) is 13.5. The molecule has 0 aliphatic carbocycles. The zero-order chi connectivity index (χ0) is 16.7. The smallest absolute Gasteiger partial charge is 0.401 e. The van der Waals surface area contributed by atoms with Gasteiger partial charge < -0.3 is 4.74 Å². The highest BCUT2D eigenvalue weighted by molar-refractivity contribution is 5.80. The quantitative estimate of drug-likeness (QED) is 0.665. The van der Waals surface area contributed by atoms with E-state index in [2.05, 4.69) is 5.32 Å². The molecule has 0 saturated heterocycles. The normalized spacial score (nSPS) is 15.3. The minimum Gasteiger partial charge on any atom is -0.468 e. The monoisotopic (exact) mass is 312 g/mol. The molecule has 0 saturated carbocycles. The van der Waals surface area contributed by atoms with Crippen molar-refractivity contribution in [3.05, 3.63) is 0 Å². The van der Waals surface area contributed by atoms with Crippen LogP contribution >= 0.6 is 0 Å². The Hall–Kier alpha value is -0.820. The van der Waals surface area contributed by atoms with E-state index in [1.807, 2.05) is 20.8 Å². The van der Waals surface area contributed by atoms with E-state index in [4.69, 9.17) is 4.74 Å². The Morgan fingerprint density at radius 2 is 1.86 bits per heavy atom. The van der Waals surface area contributed by atoms with Crippen LogP contribution in [0.3, 0.4) is 0 Å². The summed E-state index contributed by atoms with van der Waals surface area (Å²) in [6.07, 6.45) is -3.35. The summed E-state index contributed by atoms with van der Waals surface area (Å²) in [5, 5.41) is 3.08. The molecular weight excluding hydrogens is 285 g/mol. The summed E-state index contributed by atoms with van der Waals surface area (Å²) in [7, 11) is 1.28. The van der Waals surface area contributed by atoms with E-state index in [0.29, 0.717) is 13.0 Å². The summed E-state index contributed by atoms with van der Waals surface area (Å²) in [6, 6.07) is 0.0244. The van der Waals surface area contributed by atoms with Gasteiger partial charge >= 0.3 is 12.1 Å². The number of rotatable bonds is 9. The molecule has 0 heterocycles. The number of hydrogen-bond donors (Lipinski definition) is 1. The van der Waals surface area contributed by atoms with Crippen molar-refractivity contribution in [2.24, 2.45) is 0 Å². The van der Waals surface area contributed by atoms with Crippen molar-refractivity contribution in [1.82, 2.24) is 10.2 Å². The number of nitrogens with one attached hydrogen (secondary N) is 1. The SMILES string of the molecule is CCCN(CCC(C)(NC(C)C)C(=O)OC)CC(F)(F)F. The van der Waals surface area contributed by atoms with E-state index in [1.54, 1.807) is 6.92 Å². The lowest BCUT2D eigenvalue weighted by Gasteiger charge is -2.33. The summed E-state index contributed by atoms with van der Waals surface area (Å²) >= 11 is 0. The van der Waals surface area contributed by atoms with Gasteiger partial charge in [-0.25, -0.2) is 0 Å². The lowest BCUT2D eigenvalue weighted by molar-refractivity contribution is -0.151. The van der Waals surface area contributed by atoms with E-state index in [-0.39, 0.29) is 19.0 Å². The molecule has 0 aliphatic rings. The number of alkyl halides is 3. The predicted molar refractivity (Wildman–Crippen MR) is 76.1 cm³/mol. The van der Waals surface area contributed by atoms with Crippen LogP contribution in [-0.2, 0) is 9.53 Å². The second kappa shape index (κ2) is 8.58. The number of carbonyl (C=O) groups is 1. The van der Waals surface area contributed by atoms with Gasteiger partial charge in [0.2, 0.25) is 0 Å². The average Bonchev–Trinajstić information content (AvgIpc) is 2.32. The van der Waals surface area contributed by atoms with Gasteiger partial charge in [0.15, 0.2) is 0 Å². The summed E-state index contributed by atoms with van der Waals surface area (Å²) in [4.78, 5) is 13.2. The highest BCUT2D eigenvalue weighted by atomic mass is 19.4. The van der Waals surface area contributed by atoms with Crippen LogP contribution in [0.25, 0.3) is 0 Å². The maximum Gasteiger partial charge on any atom is 0.401 e. The average molecular weight is 312 g/mol. The Bertz CT molecular complexity index is 322. The van der Waals surface area contributed by atoms with Crippen molar-refractivity contribution >= 4 is 5.97 Å². The predicted octanol–water partition coefficient (Wildman–Crippen LogP) is 2.58. The van der Waals surface area contributed by atoms with Crippen molar-refractivity contribution < 1.29 is 22.7 Å². The maximum atomic E-state index is 12.5. The lowest BCUT2D eigenvalue weighted by atomic mass is 9.96. The molecule has 0 rings (SSSR count). The molecule has 0 bridgehead atoms. The largest absolute Gasteiger partial charge is 0.468 e. The molecule has 1 atom stereocenters. The Kier molecular flexibility index (Phi) is 8.25. The molecule has 1 unspecified atom stereocenters. The molecule has 0 aromatic carbocycles. The van der Waals surface area contributed by atoms with Crippen LogP contribution in [-0.4, -0.2) is 55.4 Å². The van der Waals surface area contributed by atoms with E-state index < -0.39 is 24.2 Å². The number of ether oxygens (including phenoxy) is 1. The highest BCUT2D eigenvalue weighted by Crippen LogP contribution is 2.19.